The van der Waals surface area contributed by atoms with Crippen LogP contribution in [-0.2, 0) is 13.1 Å². The molecular weight excluding hydrogens is 343 g/mol. The molecule has 0 bridgehead atoms. The van der Waals surface area contributed by atoms with Crippen LogP contribution in [0.5, 0.6) is 0 Å². The van der Waals surface area contributed by atoms with Gasteiger partial charge in [-0.25, -0.2) is 4.39 Å². The van der Waals surface area contributed by atoms with Crippen LogP contribution < -0.4 is 5.32 Å². The fourth-order valence-corrected chi connectivity index (χ4v) is 3.22. The van der Waals surface area contributed by atoms with Crippen molar-refractivity contribution in [1.29, 1.82) is 0 Å². The molecule has 0 aliphatic heterocycles. The highest BCUT2D eigenvalue weighted by Gasteiger charge is 2.17. The SMILES string of the molecule is CCN(CC)Cc1cccc(CNC(=O)c2oc3ccc(F)cc3c2C)c1. The Morgan fingerprint density at radius 3 is 2.59 bits per heavy atom. The van der Waals surface area contributed by atoms with Gasteiger partial charge in [0.25, 0.3) is 5.91 Å². The van der Waals surface area contributed by atoms with Gasteiger partial charge < -0.3 is 9.73 Å². The lowest BCUT2D eigenvalue weighted by Crippen LogP contribution is -2.24. The zero-order valence-corrected chi connectivity index (χ0v) is 16.0. The topological polar surface area (TPSA) is 45.5 Å². The summed E-state index contributed by atoms with van der Waals surface area (Å²) >= 11 is 0. The fraction of sp³-hybridized carbons (Fsp3) is 0.318. The second-order valence-corrected chi connectivity index (χ2v) is 6.66. The molecule has 0 saturated carbocycles. The van der Waals surface area contributed by atoms with Gasteiger partial charge in [-0.1, -0.05) is 38.1 Å². The molecule has 1 N–H and O–H groups in total. The largest absolute Gasteiger partial charge is 0.451 e. The molecule has 0 atom stereocenters. The van der Waals surface area contributed by atoms with E-state index in [9.17, 15) is 9.18 Å². The van der Waals surface area contributed by atoms with Crippen LogP contribution in [0.15, 0.2) is 46.9 Å². The molecule has 2 aromatic carbocycles. The van der Waals surface area contributed by atoms with Gasteiger partial charge in [-0.05, 0) is 49.3 Å². The van der Waals surface area contributed by atoms with E-state index in [0.717, 1.165) is 25.2 Å². The first-order valence-corrected chi connectivity index (χ1v) is 9.28. The molecule has 5 heteroatoms. The monoisotopic (exact) mass is 368 g/mol. The van der Waals surface area contributed by atoms with E-state index in [1.165, 1.54) is 17.7 Å². The highest BCUT2D eigenvalue weighted by molar-refractivity contribution is 5.98. The van der Waals surface area contributed by atoms with Crippen molar-refractivity contribution in [2.75, 3.05) is 13.1 Å². The zero-order valence-electron chi connectivity index (χ0n) is 16.0. The molecule has 1 amide bonds. The molecule has 1 heterocycles. The van der Waals surface area contributed by atoms with Crippen molar-refractivity contribution in [3.8, 4) is 0 Å². The smallest absolute Gasteiger partial charge is 0.287 e. The van der Waals surface area contributed by atoms with Crippen LogP contribution in [0.1, 0.15) is 41.1 Å². The number of nitrogens with one attached hydrogen (secondary N) is 1. The third kappa shape index (κ3) is 4.37. The minimum Gasteiger partial charge on any atom is -0.451 e. The highest BCUT2D eigenvalue weighted by atomic mass is 19.1. The number of hydrogen-bond donors (Lipinski definition) is 1. The summed E-state index contributed by atoms with van der Waals surface area (Å²) in [5.74, 6) is -0.406. The van der Waals surface area contributed by atoms with Gasteiger partial charge in [-0.15, -0.1) is 0 Å². The molecule has 0 aliphatic rings. The third-order valence-electron chi connectivity index (χ3n) is 4.85. The van der Waals surface area contributed by atoms with Gasteiger partial charge in [-0.3, -0.25) is 9.69 Å². The predicted octanol–water partition coefficient (Wildman–Crippen LogP) is 4.65. The van der Waals surface area contributed by atoms with Crippen molar-refractivity contribution in [2.45, 2.75) is 33.9 Å². The first-order valence-electron chi connectivity index (χ1n) is 9.28. The number of furan rings is 1. The van der Waals surface area contributed by atoms with Crippen molar-refractivity contribution in [3.63, 3.8) is 0 Å². The van der Waals surface area contributed by atoms with Crippen molar-refractivity contribution in [1.82, 2.24) is 10.2 Å². The number of rotatable bonds is 7. The molecule has 1 aromatic heterocycles. The summed E-state index contributed by atoms with van der Waals surface area (Å²) in [6, 6.07) is 12.5. The summed E-state index contributed by atoms with van der Waals surface area (Å²) in [6.07, 6.45) is 0. The van der Waals surface area contributed by atoms with Crippen molar-refractivity contribution in [3.05, 3.63) is 70.7 Å². The molecule has 3 rings (SSSR count). The maximum atomic E-state index is 13.4. The number of halogens is 1. The van der Waals surface area contributed by atoms with Crippen LogP contribution >= 0.6 is 0 Å². The van der Waals surface area contributed by atoms with Crippen molar-refractivity contribution >= 4 is 16.9 Å². The Balaban J connectivity index is 1.70. The molecule has 0 radical (unpaired) electrons. The number of benzene rings is 2. The highest BCUT2D eigenvalue weighted by Crippen LogP contribution is 2.26. The van der Waals surface area contributed by atoms with Gasteiger partial charge in [0.2, 0.25) is 0 Å². The lowest BCUT2D eigenvalue weighted by molar-refractivity contribution is 0.0924. The summed E-state index contributed by atoms with van der Waals surface area (Å²) in [5.41, 5.74) is 3.42. The number of fused-ring (bicyclic) bond motifs is 1. The Kier molecular flexibility index (Phi) is 5.91. The molecule has 142 valence electrons. The number of aryl methyl sites for hydroxylation is 1. The van der Waals surface area contributed by atoms with Crippen LogP contribution in [0.4, 0.5) is 4.39 Å². The third-order valence-corrected chi connectivity index (χ3v) is 4.85. The normalized spacial score (nSPS) is 11.3. The predicted molar refractivity (Wildman–Crippen MR) is 105 cm³/mol. The van der Waals surface area contributed by atoms with E-state index < -0.39 is 0 Å². The standard InChI is InChI=1S/C22H25FN2O2/c1-4-25(5-2)14-17-8-6-7-16(11-17)13-24-22(26)21-15(3)19-12-18(23)9-10-20(19)27-21/h6-12H,4-5,13-14H2,1-3H3,(H,24,26). The Morgan fingerprint density at radius 1 is 1.11 bits per heavy atom. The van der Waals surface area contributed by atoms with Crippen LogP contribution in [-0.4, -0.2) is 23.9 Å². The van der Waals surface area contributed by atoms with Crippen LogP contribution in [0.3, 0.4) is 0 Å². The summed E-state index contributed by atoms with van der Waals surface area (Å²) in [6.45, 7) is 9.38. The number of amides is 1. The fourth-order valence-electron chi connectivity index (χ4n) is 3.22. The van der Waals surface area contributed by atoms with Crippen molar-refractivity contribution < 1.29 is 13.6 Å². The average molecular weight is 368 g/mol. The average Bonchev–Trinajstić information content (AvgIpc) is 3.00. The van der Waals surface area contributed by atoms with Crippen LogP contribution in [0.25, 0.3) is 11.0 Å². The minimum absolute atomic E-state index is 0.231. The van der Waals surface area contributed by atoms with Gasteiger partial charge in [-0.2, -0.15) is 0 Å². The summed E-state index contributed by atoms with van der Waals surface area (Å²) in [7, 11) is 0. The second kappa shape index (κ2) is 8.35. The molecule has 0 saturated heterocycles. The Labute approximate surface area is 159 Å². The summed E-state index contributed by atoms with van der Waals surface area (Å²) < 4.78 is 19.1. The molecule has 0 spiro atoms. The first-order chi connectivity index (χ1) is 13.0. The molecule has 0 fully saturated rings. The van der Waals surface area contributed by atoms with Gasteiger partial charge in [0.15, 0.2) is 5.76 Å². The Morgan fingerprint density at radius 2 is 1.85 bits per heavy atom. The van der Waals surface area contributed by atoms with Crippen molar-refractivity contribution in [2.24, 2.45) is 0 Å². The number of carbonyl (C=O) groups excluding carboxylic acids is 1. The van der Waals surface area contributed by atoms with Crippen LogP contribution in [0.2, 0.25) is 0 Å². The van der Waals surface area contributed by atoms with Gasteiger partial charge in [0, 0.05) is 24.0 Å². The van der Waals surface area contributed by atoms with Crippen LogP contribution in [0, 0.1) is 12.7 Å². The van der Waals surface area contributed by atoms with E-state index in [4.69, 9.17) is 4.42 Å². The number of hydrogen-bond acceptors (Lipinski definition) is 3. The van der Waals surface area contributed by atoms with E-state index in [1.54, 1.807) is 13.0 Å². The summed E-state index contributed by atoms with van der Waals surface area (Å²) in [5, 5.41) is 3.53. The van der Waals surface area contributed by atoms with E-state index in [-0.39, 0.29) is 17.5 Å². The zero-order chi connectivity index (χ0) is 19.4. The number of carbonyl (C=O) groups is 1. The molecule has 4 nitrogen and oxygen atoms in total. The Hall–Kier alpha value is -2.66. The lowest BCUT2D eigenvalue weighted by Gasteiger charge is -2.18. The minimum atomic E-state index is -0.344. The van der Waals surface area contributed by atoms with Gasteiger partial charge >= 0.3 is 0 Å². The molecule has 0 aliphatic carbocycles. The first kappa shape index (κ1) is 19.1. The quantitative estimate of drug-likeness (QED) is 0.660. The van der Waals surface area contributed by atoms with E-state index >= 15 is 0 Å². The number of nitrogens with zero attached hydrogens (tertiary/aromatic N) is 1. The van der Waals surface area contributed by atoms with E-state index in [0.29, 0.717) is 23.1 Å². The second-order valence-electron chi connectivity index (χ2n) is 6.66. The maximum absolute atomic E-state index is 13.4. The van der Waals surface area contributed by atoms with E-state index in [2.05, 4.69) is 36.2 Å². The lowest BCUT2D eigenvalue weighted by atomic mass is 10.1. The maximum Gasteiger partial charge on any atom is 0.287 e. The van der Waals surface area contributed by atoms with E-state index in [1.807, 2.05) is 12.1 Å². The molecule has 3 aromatic rings. The van der Waals surface area contributed by atoms with Gasteiger partial charge in [0.1, 0.15) is 11.4 Å². The summed E-state index contributed by atoms with van der Waals surface area (Å²) in [4.78, 5) is 14.9. The molecule has 0 unspecified atom stereocenters. The van der Waals surface area contributed by atoms with Gasteiger partial charge in [0.05, 0.1) is 0 Å². The molecular formula is C22H25FN2O2. The Bertz CT molecular complexity index is 945. The molecule has 27 heavy (non-hydrogen) atoms.